The number of carbonyl (C=O) groups excluding carboxylic acids is 1. The Kier molecular flexibility index (Phi) is 19.4. The molecule has 174 valence electrons. The first-order valence-electron chi connectivity index (χ1n) is 11.3. The smallest absolute Gasteiger partial charge is 0.264 e. The number of aliphatic carboxylic acids is 1. The minimum Gasteiger partial charge on any atom is -0.545 e. The molecule has 0 atom stereocenters. The summed E-state index contributed by atoms with van der Waals surface area (Å²) in [5.74, 6) is -1.86. The molecule has 0 unspecified atom stereocenters. The molecule has 0 fully saturated rings. The van der Waals surface area contributed by atoms with Crippen LogP contribution in [0.5, 0.6) is 0 Å². The van der Waals surface area contributed by atoms with Gasteiger partial charge < -0.3 is 9.90 Å². The molecular formula is C22H45O5PS. The highest BCUT2D eigenvalue weighted by Crippen LogP contribution is 2.61. The second-order valence-electron chi connectivity index (χ2n) is 7.93. The monoisotopic (exact) mass is 452 g/mol. The van der Waals surface area contributed by atoms with Gasteiger partial charge in [0.05, 0.1) is 36.4 Å². The van der Waals surface area contributed by atoms with Crippen molar-refractivity contribution in [2.24, 2.45) is 0 Å². The van der Waals surface area contributed by atoms with Crippen molar-refractivity contribution >= 4 is 23.3 Å². The van der Waals surface area contributed by atoms with Crippen LogP contribution in [0, 0.1) is 0 Å². The second-order valence-corrected chi connectivity index (χ2v) is 14.0. The first-order chi connectivity index (χ1) is 13.6. The van der Waals surface area contributed by atoms with Crippen LogP contribution in [0.1, 0.15) is 91.9 Å². The molecule has 0 aromatic heterocycles. The van der Waals surface area contributed by atoms with E-state index in [0.717, 1.165) is 0 Å². The first kappa shape index (κ1) is 30.7. The molecule has 29 heavy (non-hydrogen) atoms. The Balaban J connectivity index is 0. The van der Waals surface area contributed by atoms with E-state index in [-0.39, 0.29) is 18.4 Å². The summed E-state index contributed by atoms with van der Waals surface area (Å²) < 4.78 is 28.5. The van der Waals surface area contributed by atoms with E-state index in [4.69, 9.17) is 4.55 Å². The lowest BCUT2D eigenvalue weighted by Crippen LogP contribution is -2.24. The zero-order chi connectivity index (χ0) is 22.8. The standard InChI is InChI=1S/C16H36P.C6H10O5S/c1-5-9-13-17(14-10-6-2,15-11-7-3)16-12-8-4;1-5(6(7)8)3-2-4-12(9,10)11/h5-16H2,1-4H3;1-4H2,(H,7,8)(H,9,10,11)/q+1;/p-1. The number of carbonyl (C=O) groups is 1. The molecule has 0 spiro atoms. The van der Waals surface area contributed by atoms with Gasteiger partial charge in [0, 0.05) is 7.26 Å². The number of hydrogen-bond acceptors (Lipinski definition) is 4. The van der Waals surface area contributed by atoms with Gasteiger partial charge >= 0.3 is 0 Å². The van der Waals surface area contributed by atoms with Crippen molar-refractivity contribution in [3.63, 3.8) is 0 Å². The van der Waals surface area contributed by atoms with Crippen molar-refractivity contribution < 1.29 is 22.9 Å². The molecule has 0 aliphatic carbocycles. The lowest BCUT2D eigenvalue weighted by molar-refractivity contribution is -0.299. The summed E-state index contributed by atoms with van der Waals surface area (Å²) in [5, 5.41) is 10.0. The van der Waals surface area contributed by atoms with Gasteiger partial charge in [0.2, 0.25) is 0 Å². The predicted molar refractivity (Wildman–Crippen MR) is 126 cm³/mol. The highest BCUT2D eigenvalue weighted by atomic mass is 32.2. The van der Waals surface area contributed by atoms with E-state index in [1.807, 2.05) is 0 Å². The summed E-state index contributed by atoms with van der Waals surface area (Å²) in [6.45, 7) is 12.6. The van der Waals surface area contributed by atoms with Gasteiger partial charge in [-0.2, -0.15) is 8.42 Å². The maximum absolute atomic E-state index is 10.1. The Morgan fingerprint density at radius 2 is 1.17 bits per heavy atom. The number of carboxylic acids is 1. The molecule has 0 rings (SSSR count). The summed E-state index contributed by atoms with van der Waals surface area (Å²) in [7, 11) is -4.56. The van der Waals surface area contributed by atoms with E-state index in [0.29, 0.717) is 0 Å². The van der Waals surface area contributed by atoms with Crippen LogP contribution >= 0.6 is 7.26 Å². The van der Waals surface area contributed by atoms with Crippen LogP contribution in [0.15, 0.2) is 12.2 Å². The molecule has 0 heterocycles. The van der Waals surface area contributed by atoms with Gasteiger partial charge in [0.25, 0.3) is 10.1 Å². The molecule has 0 amide bonds. The molecular weight excluding hydrogens is 407 g/mol. The van der Waals surface area contributed by atoms with Crippen LogP contribution in [0.3, 0.4) is 0 Å². The fraction of sp³-hybridized carbons (Fsp3) is 0.864. The topological polar surface area (TPSA) is 94.5 Å². The van der Waals surface area contributed by atoms with Crippen molar-refractivity contribution in [2.75, 3.05) is 30.4 Å². The van der Waals surface area contributed by atoms with Gasteiger partial charge in [-0.3, -0.25) is 4.55 Å². The van der Waals surface area contributed by atoms with E-state index in [2.05, 4.69) is 34.3 Å². The van der Waals surface area contributed by atoms with Gasteiger partial charge in [-0.05, 0) is 44.1 Å². The highest BCUT2D eigenvalue weighted by molar-refractivity contribution is 7.85. The van der Waals surface area contributed by atoms with Gasteiger partial charge in [-0.1, -0.05) is 60.0 Å². The van der Waals surface area contributed by atoms with Crippen LogP contribution in [0.25, 0.3) is 0 Å². The first-order valence-corrected chi connectivity index (χ1v) is 15.4. The van der Waals surface area contributed by atoms with Crippen LogP contribution in [-0.4, -0.2) is 49.3 Å². The predicted octanol–water partition coefficient (Wildman–Crippen LogP) is 5.16. The molecule has 0 aromatic carbocycles. The summed E-state index contributed by atoms with van der Waals surface area (Å²) in [6.07, 6.45) is 18.0. The van der Waals surface area contributed by atoms with Gasteiger partial charge in [-0.15, -0.1) is 0 Å². The zero-order valence-electron chi connectivity index (χ0n) is 19.2. The summed E-state index contributed by atoms with van der Waals surface area (Å²) in [4.78, 5) is 10.0. The van der Waals surface area contributed by atoms with E-state index in [1.54, 1.807) is 24.6 Å². The highest BCUT2D eigenvalue weighted by Gasteiger charge is 2.34. The lowest BCUT2D eigenvalue weighted by Gasteiger charge is -2.28. The Morgan fingerprint density at radius 1 is 0.828 bits per heavy atom. The molecule has 7 heteroatoms. The van der Waals surface area contributed by atoms with Crippen molar-refractivity contribution in [1.82, 2.24) is 0 Å². The summed E-state index contributed by atoms with van der Waals surface area (Å²) in [5.41, 5.74) is -0.168. The third kappa shape index (κ3) is 19.3. The van der Waals surface area contributed by atoms with E-state index in [1.165, 1.54) is 51.4 Å². The third-order valence-electron chi connectivity index (χ3n) is 5.11. The SMILES string of the molecule is C=C(CCCS(=O)(=O)O)C(=O)[O-].CCCC[P+](CCCC)(CCCC)CCCC. The van der Waals surface area contributed by atoms with E-state index >= 15 is 0 Å². The van der Waals surface area contributed by atoms with Crippen LogP contribution in [-0.2, 0) is 14.9 Å². The number of rotatable bonds is 17. The molecule has 0 aliphatic rings. The Hall–Kier alpha value is -0.450. The van der Waals surface area contributed by atoms with Crippen molar-refractivity contribution in [3.8, 4) is 0 Å². The van der Waals surface area contributed by atoms with Gasteiger partial charge in [0.1, 0.15) is 0 Å². The summed E-state index contributed by atoms with van der Waals surface area (Å²) >= 11 is 0. The van der Waals surface area contributed by atoms with Gasteiger partial charge in [0.15, 0.2) is 0 Å². The normalized spacial score (nSPS) is 11.6. The number of carboxylic acid groups (broad SMARTS) is 1. The lowest BCUT2D eigenvalue weighted by atomic mass is 10.2. The van der Waals surface area contributed by atoms with Crippen molar-refractivity contribution in [3.05, 3.63) is 12.2 Å². The second kappa shape index (κ2) is 18.3. The minimum atomic E-state index is -4.00. The van der Waals surface area contributed by atoms with Gasteiger partial charge in [-0.25, -0.2) is 0 Å². The maximum Gasteiger partial charge on any atom is 0.264 e. The molecule has 5 nitrogen and oxygen atoms in total. The Morgan fingerprint density at radius 3 is 1.41 bits per heavy atom. The largest absolute Gasteiger partial charge is 0.545 e. The fourth-order valence-corrected chi connectivity index (χ4v) is 9.01. The van der Waals surface area contributed by atoms with E-state index in [9.17, 15) is 18.3 Å². The van der Waals surface area contributed by atoms with Crippen LogP contribution in [0.4, 0.5) is 0 Å². The number of hydrogen-bond donors (Lipinski definition) is 1. The molecule has 0 bridgehead atoms. The molecule has 0 aromatic rings. The summed E-state index contributed by atoms with van der Waals surface area (Å²) in [6, 6.07) is 0. The van der Waals surface area contributed by atoms with Crippen molar-refractivity contribution in [1.29, 1.82) is 0 Å². The molecule has 0 saturated carbocycles. The molecule has 0 saturated heterocycles. The third-order valence-corrected chi connectivity index (χ3v) is 11.0. The molecule has 1 N–H and O–H groups in total. The van der Waals surface area contributed by atoms with Crippen LogP contribution < -0.4 is 5.11 Å². The van der Waals surface area contributed by atoms with Crippen LogP contribution in [0.2, 0.25) is 0 Å². The zero-order valence-corrected chi connectivity index (χ0v) is 21.0. The average Bonchev–Trinajstić information content (AvgIpc) is 2.66. The Bertz CT molecular complexity index is 494. The Labute approximate surface area is 180 Å². The fourth-order valence-electron chi connectivity index (χ4n) is 3.21. The number of unbranched alkanes of at least 4 members (excludes halogenated alkanes) is 4. The average molecular weight is 453 g/mol. The van der Waals surface area contributed by atoms with Crippen molar-refractivity contribution in [2.45, 2.75) is 91.9 Å². The minimum absolute atomic E-state index is 0.00211. The molecule has 0 radical (unpaired) electrons. The molecule has 0 aliphatic heterocycles. The quantitative estimate of drug-likeness (QED) is 0.187. The van der Waals surface area contributed by atoms with E-state index < -0.39 is 29.1 Å². The maximum atomic E-state index is 10.1.